The molecular formula is C13H26N2. The third-order valence-electron chi connectivity index (χ3n) is 3.96. The normalized spacial score (nSPS) is 32.2. The molecule has 1 N–H and O–H groups in total. The Kier molecular flexibility index (Phi) is 4.45. The van der Waals surface area contributed by atoms with E-state index in [1.807, 2.05) is 0 Å². The van der Waals surface area contributed by atoms with E-state index in [-0.39, 0.29) is 0 Å². The smallest absolute Gasteiger partial charge is 0.0166 e. The second-order valence-corrected chi connectivity index (χ2v) is 5.35. The predicted octanol–water partition coefficient (Wildman–Crippen LogP) is 2.39. The van der Waals surface area contributed by atoms with Gasteiger partial charge in [-0.1, -0.05) is 19.3 Å². The summed E-state index contributed by atoms with van der Waals surface area (Å²) in [7, 11) is 0. The summed E-state index contributed by atoms with van der Waals surface area (Å²) in [6.45, 7) is 6.17. The van der Waals surface area contributed by atoms with Gasteiger partial charge in [-0.15, -0.1) is 0 Å². The lowest BCUT2D eigenvalue weighted by Crippen LogP contribution is -2.47. The molecule has 0 bridgehead atoms. The first-order chi connectivity index (χ1) is 7.36. The molecule has 1 unspecified atom stereocenters. The zero-order chi connectivity index (χ0) is 10.5. The van der Waals surface area contributed by atoms with Crippen LogP contribution < -0.4 is 5.32 Å². The standard InChI is InChI=1S/C13H26N2/c1-12-11-15(10-6-5-9-14-12)13-7-3-2-4-8-13/h12-14H,2-11H2,1H3. The quantitative estimate of drug-likeness (QED) is 0.715. The van der Waals surface area contributed by atoms with Gasteiger partial charge in [-0.3, -0.25) is 4.90 Å². The number of nitrogens with zero attached hydrogens (tertiary/aromatic N) is 1. The van der Waals surface area contributed by atoms with Crippen LogP contribution in [0.25, 0.3) is 0 Å². The van der Waals surface area contributed by atoms with Crippen LogP contribution in [0.5, 0.6) is 0 Å². The van der Waals surface area contributed by atoms with E-state index < -0.39 is 0 Å². The molecule has 1 aliphatic carbocycles. The molecule has 2 fully saturated rings. The van der Waals surface area contributed by atoms with E-state index >= 15 is 0 Å². The van der Waals surface area contributed by atoms with Gasteiger partial charge in [0.15, 0.2) is 0 Å². The van der Waals surface area contributed by atoms with Crippen molar-refractivity contribution in [3.8, 4) is 0 Å². The highest BCUT2D eigenvalue weighted by Crippen LogP contribution is 2.23. The monoisotopic (exact) mass is 210 g/mol. The molecule has 1 atom stereocenters. The third kappa shape index (κ3) is 3.46. The maximum atomic E-state index is 3.61. The van der Waals surface area contributed by atoms with E-state index in [9.17, 15) is 0 Å². The molecule has 1 aliphatic heterocycles. The predicted molar refractivity (Wildman–Crippen MR) is 65.1 cm³/mol. The fourth-order valence-electron chi connectivity index (χ4n) is 3.07. The van der Waals surface area contributed by atoms with Crippen LogP contribution in [0.15, 0.2) is 0 Å². The van der Waals surface area contributed by atoms with E-state index in [4.69, 9.17) is 0 Å². The van der Waals surface area contributed by atoms with Gasteiger partial charge in [0.1, 0.15) is 0 Å². The fraction of sp³-hybridized carbons (Fsp3) is 1.00. The van der Waals surface area contributed by atoms with Crippen molar-refractivity contribution >= 4 is 0 Å². The first kappa shape index (κ1) is 11.4. The minimum absolute atomic E-state index is 0.687. The van der Waals surface area contributed by atoms with Gasteiger partial charge in [-0.05, 0) is 45.7 Å². The molecule has 0 spiro atoms. The van der Waals surface area contributed by atoms with Crippen LogP contribution in [0, 0.1) is 0 Å². The molecule has 0 aromatic heterocycles. The molecule has 1 saturated heterocycles. The number of rotatable bonds is 1. The van der Waals surface area contributed by atoms with Crippen molar-refractivity contribution in [2.75, 3.05) is 19.6 Å². The Balaban J connectivity index is 1.86. The zero-order valence-corrected chi connectivity index (χ0v) is 10.2. The van der Waals surface area contributed by atoms with Crippen molar-refractivity contribution in [3.63, 3.8) is 0 Å². The van der Waals surface area contributed by atoms with Gasteiger partial charge in [0.05, 0.1) is 0 Å². The van der Waals surface area contributed by atoms with Crippen LogP contribution in [-0.2, 0) is 0 Å². The number of hydrogen-bond donors (Lipinski definition) is 1. The molecule has 88 valence electrons. The summed E-state index contributed by atoms with van der Waals surface area (Å²) in [6, 6.07) is 1.59. The van der Waals surface area contributed by atoms with E-state index in [1.54, 1.807) is 0 Å². The lowest BCUT2D eigenvalue weighted by molar-refractivity contribution is 0.133. The van der Waals surface area contributed by atoms with Crippen LogP contribution in [0.3, 0.4) is 0 Å². The van der Waals surface area contributed by atoms with Crippen molar-refractivity contribution in [3.05, 3.63) is 0 Å². The third-order valence-corrected chi connectivity index (χ3v) is 3.96. The highest BCUT2D eigenvalue weighted by atomic mass is 15.2. The zero-order valence-electron chi connectivity index (χ0n) is 10.2. The van der Waals surface area contributed by atoms with Gasteiger partial charge in [0.25, 0.3) is 0 Å². The van der Waals surface area contributed by atoms with Crippen molar-refractivity contribution in [1.29, 1.82) is 0 Å². The van der Waals surface area contributed by atoms with Crippen LogP contribution in [0.1, 0.15) is 51.9 Å². The van der Waals surface area contributed by atoms with Gasteiger partial charge in [-0.25, -0.2) is 0 Å². The molecule has 0 amide bonds. The van der Waals surface area contributed by atoms with E-state index in [2.05, 4.69) is 17.1 Å². The van der Waals surface area contributed by atoms with Crippen molar-refractivity contribution < 1.29 is 0 Å². The minimum Gasteiger partial charge on any atom is -0.313 e. The SMILES string of the molecule is CC1CN(C2CCCCC2)CCCCN1. The molecule has 2 heteroatoms. The van der Waals surface area contributed by atoms with Gasteiger partial charge in [-0.2, -0.15) is 0 Å². The highest BCUT2D eigenvalue weighted by molar-refractivity contribution is 4.80. The summed E-state index contributed by atoms with van der Waals surface area (Å²) in [5, 5.41) is 3.61. The van der Waals surface area contributed by atoms with Gasteiger partial charge in [0.2, 0.25) is 0 Å². The Morgan fingerprint density at radius 3 is 2.60 bits per heavy atom. The van der Waals surface area contributed by atoms with Crippen molar-refractivity contribution in [2.24, 2.45) is 0 Å². The number of hydrogen-bond acceptors (Lipinski definition) is 2. The Labute approximate surface area is 94.4 Å². The van der Waals surface area contributed by atoms with E-state index in [0.717, 1.165) is 6.04 Å². The average Bonchev–Trinajstić information content (AvgIpc) is 2.24. The molecule has 1 heterocycles. The van der Waals surface area contributed by atoms with Crippen LogP contribution >= 0.6 is 0 Å². The van der Waals surface area contributed by atoms with E-state index in [1.165, 1.54) is 64.6 Å². The van der Waals surface area contributed by atoms with Gasteiger partial charge < -0.3 is 5.32 Å². The first-order valence-electron chi connectivity index (χ1n) is 6.83. The van der Waals surface area contributed by atoms with Crippen LogP contribution in [0.2, 0.25) is 0 Å². The summed E-state index contributed by atoms with van der Waals surface area (Å²) in [5.74, 6) is 0. The fourth-order valence-corrected chi connectivity index (χ4v) is 3.07. The Hall–Kier alpha value is -0.0800. The summed E-state index contributed by atoms with van der Waals surface area (Å²) < 4.78 is 0. The number of nitrogens with one attached hydrogen (secondary N) is 1. The summed E-state index contributed by atoms with van der Waals surface area (Å²) in [4.78, 5) is 2.76. The second kappa shape index (κ2) is 5.86. The minimum atomic E-state index is 0.687. The van der Waals surface area contributed by atoms with Gasteiger partial charge >= 0.3 is 0 Å². The summed E-state index contributed by atoms with van der Waals surface area (Å²) in [6.07, 6.45) is 10.0. The molecule has 0 radical (unpaired) electrons. The molecule has 15 heavy (non-hydrogen) atoms. The Morgan fingerprint density at radius 1 is 1.00 bits per heavy atom. The summed E-state index contributed by atoms with van der Waals surface area (Å²) in [5.41, 5.74) is 0. The van der Waals surface area contributed by atoms with Crippen molar-refractivity contribution in [2.45, 2.75) is 64.0 Å². The molecule has 1 saturated carbocycles. The molecule has 2 nitrogen and oxygen atoms in total. The topological polar surface area (TPSA) is 15.3 Å². The van der Waals surface area contributed by atoms with Crippen molar-refractivity contribution in [1.82, 2.24) is 10.2 Å². The average molecular weight is 210 g/mol. The second-order valence-electron chi connectivity index (χ2n) is 5.35. The lowest BCUT2D eigenvalue weighted by Gasteiger charge is -2.37. The Bertz CT molecular complexity index is 175. The molecule has 2 rings (SSSR count). The first-order valence-corrected chi connectivity index (χ1v) is 6.83. The molecule has 0 aromatic rings. The molecule has 0 aromatic carbocycles. The van der Waals surface area contributed by atoms with E-state index in [0.29, 0.717) is 6.04 Å². The summed E-state index contributed by atoms with van der Waals surface area (Å²) >= 11 is 0. The maximum absolute atomic E-state index is 3.61. The van der Waals surface area contributed by atoms with Gasteiger partial charge in [0, 0.05) is 18.6 Å². The maximum Gasteiger partial charge on any atom is 0.0166 e. The molecular weight excluding hydrogens is 184 g/mol. The lowest BCUT2D eigenvalue weighted by atomic mass is 9.93. The van der Waals surface area contributed by atoms with Crippen LogP contribution in [0.4, 0.5) is 0 Å². The Morgan fingerprint density at radius 2 is 1.80 bits per heavy atom. The largest absolute Gasteiger partial charge is 0.313 e. The van der Waals surface area contributed by atoms with Crippen LogP contribution in [-0.4, -0.2) is 36.6 Å². The highest BCUT2D eigenvalue weighted by Gasteiger charge is 2.22. The molecule has 2 aliphatic rings.